The molecule has 0 saturated heterocycles. The first-order chi connectivity index (χ1) is 6.60. The minimum Gasteiger partial charge on any atom is -0.493 e. The van der Waals surface area contributed by atoms with Crippen LogP contribution in [0.2, 0.25) is 0 Å². The Labute approximate surface area is 86.5 Å². The summed E-state index contributed by atoms with van der Waals surface area (Å²) in [5, 5.41) is 9.04. The minimum absolute atomic E-state index is 0.0650. The third kappa shape index (κ3) is 2.48. The van der Waals surface area contributed by atoms with E-state index in [0.717, 1.165) is 6.21 Å². The van der Waals surface area contributed by atoms with Crippen LogP contribution in [0.15, 0.2) is 28.6 Å². The fourth-order valence-corrected chi connectivity index (χ4v) is 1.45. The van der Waals surface area contributed by atoms with E-state index >= 15 is 0 Å². The normalized spacial score (nSPS) is 27.4. The van der Waals surface area contributed by atoms with Crippen molar-refractivity contribution >= 4 is 17.8 Å². The molecule has 1 atom stereocenters. The second-order valence-electron chi connectivity index (χ2n) is 2.83. The molecule has 1 aliphatic carbocycles. The van der Waals surface area contributed by atoms with E-state index in [0.29, 0.717) is 12.2 Å². The highest BCUT2D eigenvalue weighted by Gasteiger charge is 2.36. The first kappa shape index (κ1) is 11.0. The Balaban J connectivity index is 2.85. The molecule has 1 aliphatic rings. The number of hydrogen-bond donors (Lipinski definition) is 1. The molecule has 0 amide bonds. The van der Waals surface area contributed by atoms with E-state index in [4.69, 9.17) is 21.5 Å². The van der Waals surface area contributed by atoms with Gasteiger partial charge in [0.05, 0.1) is 12.8 Å². The lowest BCUT2D eigenvalue weighted by Crippen LogP contribution is -2.23. The van der Waals surface area contributed by atoms with Gasteiger partial charge in [0.1, 0.15) is 5.76 Å². The molecule has 0 fully saturated rings. The molecule has 1 unspecified atom stereocenters. The van der Waals surface area contributed by atoms with E-state index < -0.39 is 5.13 Å². The van der Waals surface area contributed by atoms with Crippen molar-refractivity contribution in [2.75, 3.05) is 6.61 Å². The largest absolute Gasteiger partial charge is 0.493 e. The van der Waals surface area contributed by atoms with Gasteiger partial charge in [0.25, 0.3) is 0 Å². The molecule has 3 nitrogen and oxygen atoms in total. The van der Waals surface area contributed by atoms with Gasteiger partial charge in [-0.1, -0.05) is 22.8 Å². The van der Waals surface area contributed by atoms with Crippen LogP contribution in [-0.2, 0) is 4.74 Å². The maximum absolute atomic E-state index is 13.7. The summed E-state index contributed by atoms with van der Waals surface area (Å²) in [7, 11) is 0. The number of oxime groups is 1. The summed E-state index contributed by atoms with van der Waals surface area (Å²) in [6.07, 6.45) is 4.13. The second-order valence-corrected chi connectivity index (χ2v) is 3.43. The molecule has 0 aromatic carbocycles. The third-order valence-electron chi connectivity index (χ3n) is 1.76. The van der Waals surface area contributed by atoms with Crippen molar-refractivity contribution in [1.29, 1.82) is 0 Å². The Kier molecular flexibility index (Phi) is 3.52. The Hall–Kier alpha value is -1.03. The van der Waals surface area contributed by atoms with Gasteiger partial charge in [-0.2, -0.15) is 0 Å². The maximum atomic E-state index is 13.7. The molecule has 78 valence electrons. The minimum atomic E-state index is -2.04. The average molecular weight is 220 g/mol. The number of ether oxygens (including phenoxy) is 1. The third-order valence-corrected chi connectivity index (χ3v) is 2.08. The van der Waals surface area contributed by atoms with Gasteiger partial charge in [0.2, 0.25) is 5.13 Å². The molecule has 0 saturated carbocycles. The van der Waals surface area contributed by atoms with Crippen LogP contribution in [0.1, 0.15) is 13.3 Å². The van der Waals surface area contributed by atoms with E-state index in [1.807, 2.05) is 0 Å². The van der Waals surface area contributed by atoms with Crippen molar-refractivity contribution < 1.29 is 14.3 Å². The topological polar surface area (TPSA) is 41.8 Å². The summed E-state index contributed by atoms with van der Waals surface area (Å²) in [5.41, 5.74) is 0.508. The predicted molar refractivity (Wildman–Crippen MR) is 52.4 cm³/mol. The van der Waals surface area contributed by atoms with Crippen molar-refractivity contribution in [3.63, 3.8) is 0 Å². The van der Waals surface area contributed by atoms with Gasteiger partial charge >= 0.3 is 0 Å². The molecule has 0 aliphatic heterocycles. The summed E-state index contributed by atoms with van der Waals surface area (Å²) in [6, 6.07) is 0. The summed E-state index contributed by atoms with van der Waals surface area (Å²) in [4.78, 5) is 0. The molecular formula is C9H11ClFNO2. The van der Waals surface area contributed by atoms with Crippen molar-refractivity contribution in [3.8, 4) is 0 Å². The van der Waals surface area contributed by atoms with Crippen molar-refractivity contribution in [2.45, 2.75) is 18.5 Å². The summed E-state index contributed by atoms with van der Waals surface area (Å²) in [6.45, 7) is 2.11. The van der Waals surface area contributed by atoms with Gasteiger partial charge in [-0.05, 0) is 18.6 Å². The lowest BCUT2D eigenvalue weighted by Gasteiger charge is -2.24. The van der Waals surface area contributed by atoms with Crippen LogP contribution in [0, 0.1) is 0 Å². The fourth-order valence-electron chi connectivity index (χ4n) is 1.18. The summed E-state index contributed by atoms with van der Waals surface area (Å²) >= 11 is 5.60. The number of alkyl halides is 2. The molecule has 0 bridgehead atoms. The van der Waals surface area contributed by atoms with Gasteiger partial charge in [-0.3, -0.25) is 0 Å². The van der Waals surface area contributed by atoms with Crippen LogP contribution >= 0.6 is 11.6 Å². The molecule has 5 heteroatoms. The molecule has 1 N–H and O–H groups in total. The lowest BCUT2D eigenvalue weighted by molar-refractivity contribution is 0.143. The highest BCUT2D eigenvalue weighted by atomic mass is 35.5. The highest BCUT2D eigenvalue weighted by Crippen LogP contribution is 2.37. The second kappa shape index (κ2) is 4.46. The van der Waals surface area contributed by atoms with E-state index in [2.05, 4.69) is 5.16 Å². The van der Waals surface area contributed by atoms with Crippen LogP contribution in [0.4, 0.5) is 4.39 Å². The van der Waals surface area contributed by atoms with Crippen molar-refractivity contribution in [2.24, 2.45) is 5.16 Å². The van der Waals surface area contributed by atoms with E-state index in [1.165, 1.54) is 6.08 Å². The Morgan fingerprint density at radius 1 is 1.79 bits per heavy atom. The lowest BCUT2D eigenvalue weighted by atomic mass is 10.0. The number of allylic oxidation sites excluding steroid dienone is 4. The summed E-state index contributed by atoms with van der Waals surface area (Å²) in [5.74, 6) is 0.0942. The number of nitrogens with zero attached hydrogens (tertiary/aromatic N) is 1. The van der Waals surface area contributed by atoms with Crippen LogP contribution in [-0.4, -0.2) is 23.2 Å². The molecule has 0 heterocycles. The number of hydrogen-bond acceptors (Lipinski definition) is 3. The van der Waals surface area contributed by atoms with E-state index in [9.17, 15) is 4.39 Å². The fraction of sp³-hybridized carbons (Fsp3) is 0.444. The van der Waals surface area contributed by atoms with Crippen LogP contribution in [0.3, 0.4) is 0 Å². The predicted octanol–water partition coefficient (Wildman–Crippen LogP) is 2.60. The molecule has 0 radical (unpaired) electrons. The Bertz CT molecular complexity index is 297. The van der Waals surface area contributed by atoms with Gasteiger partial charge < -0.3 is 9.94 Å². The quantitative estimate of drug-likeness (QED) is 0.343. The molecule has 0 aromatic heterocycles. The first-order valence-corrected chi connectivity index (χ1v) is 4.57. The van der Waals surface area contributed by atoms with Crippen LogP contribution in [0.25, 0.3) is 0 Å². The SMILES string of the molecule is CCOC1=CC=C(C=NO)CC1(F)Cl. The molecular weight excluding hydrogens is 209 g/mol. The van der Waals surface area contributed by atoms with Gasteiger partial charge in [-0.25, -0.2) is 4.39 Å². The zero-order chi connectivity index (χ0) is 10.6. The zero-order valence-electron chi connectivity index (χ0n) is 7.70. The van der Waals surface area contributed by atoms with Gasteiger partial charge in [0.15, 0.2) is 0 Å². The monoisotopic (exact) mass is 219 g/mol. The van der Waals surface area contributed by atoms with Gasteiger partial charge in [-0.15, -0.1) is 0 Å². The molecule has 0 aromatic rings. The van der Waals surface area contributed by atoms with E-state index in [1.54, 1.807) is 13.0 Å². The molecule has 14 heavy (non-hydrogen) atoms. The highest BCUT2D eigenvalue weighted by molar-refractivity contribution is 6.25. The van der Waals surface area contributed by atoms with Crippen molar-refractivity contribution in [3.05, 3.63) is 23.5 Å². The van der Waals surface area contributed by atoms with Crippen molar-refractivity contribution in [1.82, 2.24) is 0 Å². The maximum Gasteiger partial charge on any atom is 0.243 e. The van der Waals surface area contributed by atoms with Gasteiger partial charge in [0, 0.05) is 6.42 Å². The number of rotatable bonds is 3. The standard InChI is InChI=1S/C9H11ClFNO2/c1-2-14-8-4-3-7(6-12-13)5-9(8,10)11/h3-4,6,13H,2,5H2,1H3. The van der Waals surface area contributed by atoms with Crippen LogP contribution in [0.5, 0.6) is 0 Å². The van der Waals surface area contributed by atoms with Crippen LogP contribution < -0.4 is 0 Å². The molecule has 1 rings (SSSR count). The number of halogens is 2. The zero-order valence-corrected chi connectivity index (χ0v) is 8.46. The average Bonchev–Trinajstić information content (AvgIpc) is 2.10. The Morgan fingerprint density at radius 2 is 2.50 bits per heavy atom. The Morgan fingerprint density at radius 3 is 3.00 bits per heavy atom. The summed E-state index contributed by atoms with van der Waals surface area (Å²) < 4.78 is 18.7. The van der Waals surface area contributed by atoms with E-state index in [-0.39, 0.29) is 12.2 Å². The smallest absolute Gasteiger partial charge is 0.243 e. The first-order valence-electron chi connectivity index (χ1n) is 4.19. The molecule has 0 spiro atoms.